The zero-order valence-electron chi connectivity index (χ0n) is 15.9. The number of hydrazine groups is 1. The summed E-state index contributed by atoms with van der Waals surface area (Å²) in [4.78, 5) is 39.1. The normalized spacial score (nSPS) is 16.0. The lowest BCUT2D eigenvalue weighted by atomic mass is 10.1. The van der Waals surface area contributed by atoms with Crippen LogP contribution in [0.25, 0.3) is 0 Å². The second-order valence-electron chi connectivity index (χ2n) is 6.43. The Hall–Kier alpha value is -3.04. The number of anilines is 1. The molecule has 3 amide bonds. The minimum Gasteiger partial charge on any atom is -0.356 e. The number of carbonyl (C=O) groups is 3. The summed E-state index contributed by atoms with van der Waals surface area (Å²) in [5, 5.41) is 4.25. The predicted octanol–water partition coefficient (Wildman–Crippen LogP) is 2.65. The molecule has 0 radical (unpaired) electrons. The van der Waals surface area contributed by atoms with Gasteiger partial charge in [0.15, 0.2) is 0 Å². The summed E-state index contributed by atoms with van der Waals surface area (Å²) in [7, 11) is 0. The summed E-state index contributed by atoms with van der Waals surface area (Å²) in [6, 6.07) is 10.4. The molecule has 156 valence electrons. The van der Waals surface area contributed by atoms with Crippen molar-refractivity contribution in [3.8, 4) is 0 Å². The van der Waals surface area contributed by atoms with E-state index < -0.39 is 23.7 Å². The van der Waals surface area contributed by atoms with Crippen molar-refractivity contribution in [1.29, 1.82) is 0 Å². The summed E-state index contributed by atoms with van der Waals surface area (Å²) < 4.78 is 13.5. The maximum atomic E-state index is 13.5. The monoisotopic (exact) mass is 448 g/mol. The third kappa shape index (κ3) is 4.58. The van der Waals surface area contributed by atoms with Crippen LogP contribution < -0.4 is 15.6 Å². The Morgan fingerprint density at radius 3 is 2.53 bits per heavy atom. The first-order chi connectivity index (χ1) is 14.3. The van der Waals surface area contributed by atoms with Gasteiger partial charge >= 0.3 is 0 Å². The topological polar surface area (TPSA) is 81.8 Å². The van der Waals surface area contributed by atoms with E-state index in [1.807, 2.05) is 0 Å². The van der Waals surface area contributed by atoms with Gasteiger partial charge in [-0.25, -0.2) is 9.40 Å². The van der Waals surface area contributed by atoms with Crippen molar-refractivity contribution < 1.29 is 18.8 Å². The maximum Gasteiger partial charge on any atom is 0.269 e. The van der Waals surface area contributed by atoms with Crippen molar-refractivity contribution in [2.75, 3.05) is 11.4 Å². The SMILES string of the molecule is CCNC(=O)C[C@@H]1C(=O)N(c2ccc(Cl)cc2)C(=S)N1NC(=O)c1cccc(F)c1. The second-order valence-corrected chi connectivity index (χ2v) is 7.23. The molecule has 0 bridgehead atoms. The molecule has 3 rings (SSSR count). The lowest BCUT2D eigenvalue weighted by molar-refractivity contribution is -0.127. The van der Waals surface area contributed by atoms with Crippen LogP contribution in [-0.4, -0.2) is 40.4 Å². The molecule has 1 fully saturated rings. The molecule has 10 heteroatoms. The quantitative estimate of drug-likeness (QED) is 0.664. The Morgan fingerprint density at radius 1 is 1.20 bits per heavy atom. The molecule has 1 saturated heterocycles. The Bertz CT molecular complexity index is 1000. The highest BCUT2D eigenvalue weighted by atomic mass is 35.5. The number of nitrogens with zero attached hydrogens (tertiary/aromatic N) is 2. The number of halogens is 2. The summed E-state index contributed by atoms with van der Waals surface area (Å²) in [5.74, 6) is -2.09. The highest BCUT2D eigenvalue weighted by Crippen LogP contribution is 2.27. The molecule has 0 aliphatic carbocycles. The number of amides is 3. The average molecular weight is 449 g/mol. The summed E-state index contributed by atoms with van der Waals surface area (Å²) in [5.41, 5.74) is 3.02. The largest absolute Gasteiger partial charge is 0.356 e. The number of benzene rings is 2. The Kier molecular flexibility index (Phi) is 6.63. The summed E-state index contributed by atoms with van der Waals surface area (Å²) in [6.07, 6.45) is -0.222. The molecule has 1 atom stereocenters. The third-order valence-electron chi connectivity index (χ3n) is 4.36. The fraction of sp³-hybridized carbons (Fsp3) is 0.200. The molecular weight excluding hydrogens is 431 g/mol. The van der Waals surface area contributed by atoms with E-state index in [-0.39, 0.29) is 23.0 Å². The molecule has 2 aromatic rings. The van der Waals surface area contributed by atoms with Crippen molar-refractivity contribution in [2.45, 2.75) is 19.4 Å². The fourth-order valence-corrected chi connectivity index (χ4v) is 3.47. The Balaban J connectivity index is 1.91. The van der Waals surface area contributed by atoms with Gasteiger partial charge in [-0.15, -0.1) is 0 Å². The number of hydrogen-bond acceptors (Lipinski definition) is 4. The van der Waals surface area contributed by atoms with Gasteiger partial charge in [0.1, 0.15) is 11.9 Å². The van der Waals surface area contributed by atoms with E-state index in [2.05, 4.69) is 10.7 Å². The van der Waals surface area contributed by atoms with E-state index in [0.717, 1.165) is 11.1 Å². The number of nitrogens with one attached hydrogen (secondary N) is 2. The predicted molar refractivity (Wildman–Crippen MR) is 114 cm³/mol. The minimum absolute atomic E-state index is 0.0126. The smallest absolute Gasteiger partial charge is 0.269 e. The molecular formula is C20H18ClFN4O3S. The second kappa shape index (κ2) is 9.19. The van der Waals surface area contributed by atoms with Crippen LogP contribution in [-0.2, 0) is 9.59 Å². The van der Waals surface area contributed by atoms with Crippen LogP contribution in [0.1, 0.15) is 23.7 Å². The van der Waals surface area contributed by atoms with Crippen molar-refractivity contribution in [1.82, 2.24) is 15.8 Å². The van der Waals surface area contributed by atoms with E-state index in [1.54, 1.807) is 31.2 Å². The van der Waals surface area contributed by atoms with Crippen molar-refractivity contribution in [3.63, 3.8) is 0 Å². The van der Waals surface area contributed by atoms with Crippen LogP contribution in [0, 0.1) is 5.82 Å². The van der Waals surface area contributed by atoms with Crippen LogP contribution in [0.3, 0.4) is 0 Å². The molecule has 1 aliphatic heterocycles. The fourth-order valence-electron chi connectivity index (χ4n) is 2.98. The molecule has 1 aliphatic rings. The standard InChI is InChI=1S/C20H18ClFN4O3S/c1-2-23-17(27)11-16-19(29)25(15-8-6-13(21)7-9-15)20(30)26(16)24-18(28)12-4-3-5-14(22)10-12/h3-10,16H,2,11H2,1H3,(H,23,27)(H,24,28)/t16-/m1/s1. The van der Waals surface area contributed by atoms with Gasteiger partial charge in [-0.05, 0) is 61.6 Å². The first-order valence-corrected chi connectivity index (χ1v) is 9.86. The first-order valence-electron chi connectivity index (χ1n) is 9.07. The average Bonchev–Trinajstić information content (AvgIpc) is 2.93. The van der Waals surface area contributed by atoms with E-state index in [9.17, 15) is 18.8 Å². The van der Waals surface area contributed by atoms with Gasteiger partial charge < -0.3 is 5.32 Å². The lowest BCUT2D eigenvalue weighted by Gasteiger charge is -2.24. The zero-order valence-corrected chi connectivity index (χ0v) is 17.5. The van der Waals surface area contributed by atoms with Crippen LogP contribution in [0.4, 0.5) is 10.1 Å². The zero-order chi connectivity index (χ0) is 21.8. The number of thiocarbonyl (C=S) groups is 1. The molecule has 0 unspecified atom stereocenters. The van der Waals surface area contributed by atoms with Crippen LogP contribution in [0.2, 0.25) is 5.02 Å². The van der Waals surface area contributed by atoms with Crippen molar-refractivity contribution in [2.24, 2.45) is 0 Å². The van der Waals surface area contributed by atoms with E-state index in [0.29, 0.717) is 17.3 Å². The molecule has 0 spiro atoms. The Morgan fingerprint density at radius 2 is 1.90 bits per heavy atom. The third-order valence-corrected chi connectivity index (χ3v) is 4.99. The van der Waals surface area contributed by atoms with Gasteiger partial charge in [0.05, 0.1) is 12.1 Å². The summed E-state index contributed by atoms with van der Waals surface area (Å²) >= 11 is 11.3. The lowest BCUT2D eigenvalue weighted by Crippen LogP contribution is -2.50. The minimum atomic E-state index is -1.06. The van der Waals surface area contributed by atoms with Crippen LogP contribution in [0.15, 0.2) is 48.5 Å². The maximum absolute atomic E-state index is 13.5. The highest BCUT2D eigenvalue weighted by molar-refractivity contribution is 7.80. The highest BCUT2D eigenvalue weighted by Gasteiger charge is 2.45. The van der Waals surface area contributed by atoms with Gasteiger partial charge in [-0.2, -0.15) is 0 Å². The molecule has 7 nitrogen and oxygen atoms in total. The molecule has 30 heavy (non-hydrogen) atoms. The number of hydrogen-bond donors (Lipinski definition) is 2. The van der Waals surface area contributed by atoms with Crippen molar-refractivity contribution >= 4 is 52.3 Å². The molecule has 2 N–H and O–H groups in total. The van der Waals surface area contributed by atoms with Gasteiger partial charge in [0.25, 0.3) is 11.8 Å². The van der Waals surface area contributed by atoms with Gasteiger partial charge in [0, 0.05) is 17.1 Å². The molecule has 2 aromatic carbocycles. The summed E-state index contributed by atoms with van der Waals surface area (Å²) in [6.45, 7) is 2.14. The van der Waals surface area contributed by atoms with Gasteiger partial charge in [0.2, 0.25) is 11.0 Å². The van der Waals surface area contributed by atoms with Crippen molar-refractivity contribution in [3.05, 3.63) is 64.9 Å². The number of carbonyl (C=O) groups excluding carboxylic acids is 3. The van der Waals surface area contributed by atoms with Crippen LogP contribution >= 0.6 is 23.8 Å². The van der Waals surface area contributed by atoms with Gasteiger partial charge in [-0.3, -0.25) is 24.7 Å². The first kappa shape index (κ1) is 21.7. The molecule has 0 aromatic heterocycles. The number of rotatable bonds is 6. The molecule has 1 heterocycles. The molecule has 0 saturated carbocycles. The van der Waals surface area contributed by atoms with E-state index in [4.69, 9.17) is 23.8 Å². The van der Waals surface area contributed by atoms with Crippen LogP contribution in [0.5, 0.6) is 0 Å². The van der Waals surface area contributed by atoms with E-state index in [1.165, 1.54) is 23.1 Å². The van der Waals surface area contributed by atoms with E-state index >= 15 is 0 Å². The Labute approximate surface area is 182 Å². The van der Waals surface area contributed by atoms with Gasteiger partial charge in [-0.1, -0.05) is 17.7 Å².